The van der Waals surface area contributed by atoms with Crippen LogP contribution in [0.2, 0.25) is 0 Å². The minimum absolute atomic E-state index is 0.753. The van der Waals surface area contributed by atoms with Gasteiger partial charge in [-0.2, -0.15) is 0 Å². The summed E-state index contributed by atoms with van der Waals surface area (Å²) in [5.74, 6) is 0.753. The minimum atomic E-state index is 0.753. The van der Waals surface area contributed by atoms with Gasteiger partial charge in [0.05, 0.1) is 15.9 Å². The van der Waals surface area contributed by atoms with E-state index in [1.165, 1.54) is 43.5 Å². The predicted octanol–water partition coefficient (Wildman–Crippen LogP) is 11.0. The van der Waals surface area contributed by atoms with Crippen molar-refractivity contribution in [2.75, 3.05) is 0 Å². The van der Waals surface area contributed by atoms with Crippen LogP contribution in [0.25, 0.3) is 59.6 Å². The fourth-order valence-electron chi connectivity index (χ4n) is 6.19. The Morgan fingerprint density at radius 3 is 2.02 bits per heavy atom. The number of hydrogen-bond acceptors (Lipinski definition) is 3. The molecule has 210 valence electrons. The van der Waals surface area contributed by atoms with Gasteiger partial charge in [-0.05, 0) is 52.7 Å². The molecule has 1 aliphatic rings. The number of hydrogen-bond donors (Lipinski definition) is 0. The highest BCUT2D eigenvalue weighted by Crippen LogP contribution is 2.42. The molecule has 7 aromatic rings. The largest absolute Gasteiger partial charge is 0.226 e. The molecule has 0 amide bonds. The smallest absolute Gasteiger partial charge is 0.160 e. The third-order valence-electron chi connectivity index (χ3n) is 8.49. The molecule has 0 saturated heterocycles. The fraction of sp³-hybridized carbons (Fsp3) is 0.0732. The Balaban J connectivity index is 1.31. The molecule has 44 heavy (non-hydrogen) atoms. The van der Waals surface area contributed by atoms with Crippen LogP contribution in [0.15, 0.2) is 146 Å². The van der Waals surface area contributed by atoms with Crippen molar-refractivity contribution in [2.45, 2.75) is 19.3 Å². The molecular weight excluding hydrogens is 553 g/mol. The van der Waals surface area contributed by atoms with Gasteiger partial charge in [0, 0.05) is 21.2 Å². The average molecular weight is 583 g/mol. The summed E-state index contributed by atoms with van der Waals surface area (Å²) in [7, 11) is 0. The number of thiophene rings is 1. The van der Waals surface area contributed by atoms with E-state index < -0.39 is 0 Å². The van der Waals surface area contributed by atoms with E-state index in [1.54, 1.807) is 0 Å². The lowest BCUT2D eigenvalue weighted by molar-refractivity contribution is 0.979. The molecule has 0 fully saturated rings. The molecule has 1 aliphatic carbocycles. The second kappa shape index (κ2) is 11.5. The number of aromatic nitrogens is 2. The lowest BCUT2D eigenvalue weighted by Gasteiger charge is -2.08. The van der Waals surface area contributed by atoms with Gasteiger partial charge in [-0.15, -0.1) is 11.3 Å². The summed E-state index contributed by atoms with van der Waals surface area (Å²) >= 11 is 1.81. The first kappa shape index (κ1) is 26.5. The first-order valence-corrected chi connectivity index (χ1v) is 16.0. The van der Waals surface area contributed by atoms with E-state index >= 15 is 0 Å². The molecule has 0 atom stereocenters. The molecule has 0 bridgehead atoms. The summed E-state index contributed by atoms with van der Waals surface area (Å²) in [6.45, 7) is 0. The summed E-state index contributed by atoms with van der Waals surface area (Å²) in [5.41, 5.74) is 11.9. The summed E-state index contributed by atoms with van der Waals surface area (Å²) in [6.07, 6.45) is 10.1. The molecule has 5 aromatic carbocycles. The average Bonchev–Trinajstić information content (AvgIpc) is 3.52. The molecule has 0 unspecified atom stereocenters. The third-order valence-corrected chi connectivity index (χ3v) is 9.72. The lowest BCUT2D eigenvalue weighted by atomic mass is 9.99. The van der Waals surface area contributed by atoms with Crippen molar-refractivity contribution >= 4 is 37.2 Å². The number of aryl methyl sites for hydroxylation is 1. The first-order chi connectivity index (χ1) is 21.8. The van der Waals surface area contributed by atoms with Crippen molar-refractivity contribution in [1.82, 2.24) is 9.97 Å². The summed E-state index contributed by atoms with van der Waals surface area (Å²) in [6, 6.07) is 45.1. The maximum atomic E-state index is 5.22. The zero-order valence-corrected chi connectivity index (χ0v) is 25.1. The van der Waals surface area contributed by atoms with Gasteiger partial charge in [0.25, 0.3) is 0 Å². The van der Waals surface area contributed by atoms with E-state index in [2.05, 4.69) is 140 Å². The van der Waals surface area contributed by atoms with Crippen molar-refractivity contribution in [1.29, 1.82) is 0 Å². The predicted molar refractivity (Wildman–Crippen MR) is 187 cm³/mol. The van der Waals surface area contributed by atoms with E-state index in [0.29, 0.717) is 0 Å². The molecular formula is C41H30N2S. The van der Waals surface area contributed by atoms with Gasteiger partial charge >= 0.3 is 0 Å². The highest BCUT2D eigenvalue weighted by atomic mass is 32.1. The zero-order valence-electron chi connectivity index (χ0n) is 24.3. The number of nitrogens with zero attached hydrogens (tertiary/aromatic N) is 2. The molecule has 8 rings (SSSR count). The SMILES string of the molecule is C1=C\C(c2cccc3c2sc2c(-c4ccc(-c5ccccc5)cc4)nc(-c4ccccc4)nc23)=C\Cc2ccccc2CC/1. The van der Waals surface area contributed by atoms with E-state index in [-0.39, 0.29) is 0 Å². The van der Waals surface area contributed by atoms with Crippen LogP contribution in [0.4, 0.5) is 0 Å². The molecule has 2 nitrogen and oxygen atoms in total. The van der Waals surface area contributed by atoms with Crippen LogP contribution >= 0.6 is 11.3 Å². The van der Waals surface area contributed by atoms with Gasteiger partial charge in [-0.25, -0.2) is 9.97 Å². The summed E-state index contributed by atoms with van der Waals surface area (Å²) in [4.78, 5) is 10.4. The van der Waals surface area contributed by atoms with E-state index in [4.69, 9.17) is 9.97 Å². The topological polar surface area (TPSA) is 25.8 Å². The van der Waals surface area contributed by atoms with Gasteiger partial charge in [-0.3, -0.25) is 0 Å². The van der Waals surface area contributed by atoms with Crippen LogP contribution in [0.1, 0.15) is 23.1 Å². The standard InChI is InChI=1S/C41H30N2S/c1-3-12-29(13-4-1)31-23-26-33(27-24-31)37-40-38(43-41(42-37)34-18-5-2-6-19-34)36-21-11-20-35(39(36)44-40)32-17-10-9-15-28-14-7-8-16-30(28)22-25-32/h1-8,10-14,16-21,23-27H,9,15,22H2/b17-10-,32-25-. The van der Waals surface area contributed by atoms with Crippen LogP contribution in [-0.4, -0.2) is 9.97 Å². The van der Waals surface area contributed by atoms with Crippen LogP contribution in [0.5, 0.6) is 0 Å². The number of rotatable bonds is 4. The van der Waals surface area contributed by atoms with E-state index in [9.17, 15) is 0 Å². The Morgan fingerprint density at radius 2 is 1.23 bits per heavy atom. The summed E-state index contributed by atoms with van der Waals surface area (Å²) < 4.78 is 2.38. The lowest BCUT2D eigenvalue weighted by Crippen LogP contribution is -1.93. The quantitative estimate of drug-likeness (QED) is 0.206. The Hall–Kier alpha value is -5.12. The van der Waals surface area contributed by atoms with Crippen molar-refractivity contribution in [3.8, 4) is 33.8 Å². The number of fused-ring (bicyclic) bond motifs is 4. The van der Waals surface area contributed by atoms with Crippen LogP contribution in [0, 0.1) is 0 Å². The third kappa shape index (κ3) is 4.96. The van der Waals surface area contributed by atoms with Crippen molar-refractivity contribution < 1.29 is 0 Å². The zero-order chi connectivity index (χ0) is 29.3. The molecule has 0 N–H and O–H groups in total. The van der Waals surface area contributed by atoms with Crippen molar-refractivity contribution in [2.24, 2.45) is 0 Å². The highest BCUT2D eigenvalue weighted by molar-refractivity contribution is 7.26. The second-order valence-corrected chi connectivity index (χ2v) is 12.3. The van der Waals surface area contributed by atoms with Crippen LogP contribution < -0.4 is 0 Å². The maximum Gasteiger partial charge on any atom is 0.160 e. The molecule has 0 saturated carbocycles. The molecule has 0 radical (unpaired) electrons. The van der Waals surface area contributed by atoms with Crippen LogP contribution in [0.3, 0.4) is 0 Å². The Bertz CT molecular complexity index is 2170. The Morgan fingerprint density at radius 1 is 0.545 bits per heavy atom. The van der Waals surface area contributed by atoms with Crippen LogP contribution in [-0.2, 0) is 12.8 Å². The number of allylic oxidation sites excluding steroid dienone is 4. The molecule has 0 spiro atoms. The molecule has 3 heteroatoms. The normalized spacial score (nSPS) is 15.1. The van der Waals surface area contributed by atoms with E-state index in [1.807, 2.05) is 17.4 Å². The molecule has 2 heterocycles. The monoisotopic (exact) mass is 582 g/mol. The van der Waals surface area contributed by atoms with Gasteiger partial charge in [-0.1, -0.05) is 146 Å². The fourth-order valence-corrected chi connectivity index (χ4v) is 7.48. The molecule has 0 aliphatic heterocycles. The molecule has 2 aromatic heterocycles. The summed E-state index contributed by atoms with van der Waals surface area (Å²) in [5, 5.41) is 1.18. The Kier molecular flexibility index (Phi) is 6.94. The first-order valence-electron chi connectivity index (χ1n) is 15.2. The highest BCUT2D eigenvalue weighted by Gasteiger charge is 2.19. The second-order valence-electron chi connectivity index (χ2n) is 11.2. The number of benzene rings is 5. The maximum absolute atomic E-state index is 5.22. The van der Waals surface area contributed by atoms with E-state index in [0.717, 1.165) is 52.1 Å². The van der Waals surface area contributed by atoms with Crippen molar-refractivity contribution in [3.63, 3.8) is 0 Å². The van der Waals surface area contributed by atoms with Crippen molar-refractivity contribution in [3.05, 3.63) is 162 Å². The van der Waals surface area contributed by atoms with Gasteiger partial charge in [0.15, 0.2) is 5.82 Å². The Labute approximate surface area is 261 Å². The van der Waals surface area contributed by atoms with Gasteiger partial charge in [0.1, 0.15) is 0 Å². The minimum Gasteiger partial charge on any atom is -0.226 e. The van der Waals surface area contributed by atoms with Gasteiger partial charge < -0.3 is 0 Å². The van der Waals surface area contributed by atoms with Gasteiger partial charge in [0.2, 0.25) is 0 Å².